The molecule has 0 aliphatic heterocycles. The van der Waals surface area contributed by atoms with E-state index in [4.69, 9.17) is 0 Å². The predicted octanol–water partition coefficient (Wildman–Crippen LogP) is 4.33. The number of imidazole rings is 1. The molecule has 0 bridgehead atoms. The number of aromatic nitrogens is 2. The summed E-state index contributed by atoms with van der Waals surface area (Å²) in [4.78, 5) is 16.5. The summed E-state index contributed by atoms with van der Waals surface area (Å²) in [5.41, 5.74) is 4.65. The second-order valence-electron chi connectivity index (χ2n) is 6.86. The van der Waals surface area contributed by atoms with E-state index in [1.807, 2.05) is 60.0 Å². The van der Waals surface area contributed by atoms with Crippen LogP contribution in [0, 0.1) is 0 Å². The SMILES string of the molecule is CCC[C@H](O)c1ccc(-c2ccc(C(=O)NCc3cncn3CC)cc2)cc1. The molecule has 0 radical (unpaired) electrons. The van der Waals surface area contributed by atoms with E-state index in [1.165, 1.54) is 0 Å². The van der Waals surface area contributed by atoms with Gasteiger partial charge in [0.2, 0.25) is 0 Å². The quantitative estimate of drug-likeness (QED) is 0.614. The van der Waals surface area contributed by atoms with Crippen molar-refractivity contribution in [2.45, 2.75) is 45.9 Å². The summed E-state index contributed by atoms with van der Waals surface area (Å²) in [5, 5.41) is 13.0. The molecule has 28 heavy (non-hydrogen) atoms. The van der Waals surface area contributed by atoms with Gasteiger partial charge < -0.3 is 15.0 Å². The minimum atomic E-state index is -0.408. The maximum atomic E-state index is 12.4. The number of carbonyl (C=O) groups is 1. The van der Waals surface area contributed by atoms with Crippen molar-refractivity contribution in [1.82, 2.24) is 14.9 Å². The monoisotopic (exact) mass is 377 g/mol. The molecule has 146 valence electrons. The topological polar surface area (TPSA) is 67.2 Å². The molecule has 0 fully saturated rings. The number of amides is 1. The highest BCUT2D eigenvalue weighted by atomic mass is 16.3. The Morgan fingerprint density at radius 1 is 1.07 bits per heavy atom. The zero-order chi connectivity index (χ0) is 19.9. The number of hydrogen-bond acceptors (Lipinski definition) is 3. The fraction of sp³-hybridized carbons (Fsp3) is 0.304. The second kappa shape index (κ2) is 9.33. The van der Waals surface area contributed by atoms with Gasteiger partial charge in [0, 0.05) is 18.3 Å². The van der Waals surface area contributed by atoms with E-state index in [0.29, 0.717) is 12.1 Å². The Kier molecular flexibility index (Phi) is 6.61. The van der Waals surface area contributed by atoms with Crippen molar-refractivity contribution in [3.63, 3.8) is 0 Å². The van der Waals surface area contributed by atoms with E-state index in [-0.39, 0.29) is 5.91 Å². The Morgan fingerprint density at radius 2 is 1.71 bits per heavy atom. The van der Waals surface area contributed by atoms with Crippen molar-refractivity contribution in [1.29, 1.82) is 0 Å². The van der Waals surface area contributed by atoms with E-state index < -0.39 is 6.10 Å². The molecule has 1 amide bonds. The summed E-state index contributed by atoms with van der Waals surface area (Å²) < 4.78 is 2.00. The summed E-state index contributed by atoms with van der Waals surface area (Å²) in [7, 11) is 0. The highest BCUT2D eigenvalue weighted by Gasteiger charge is 2.09. The van der Waals surface area contributed by atoms with Gasteiger partial charge in [-0.3, -0.25) is 4.79 Å². The molecule has 0 saturated heterocycles. The Bertz CT molecular complexity index is 898. The van der Waals surface area contributed by atoms with E-state index >= 15 is 0 Å². The smallest absolute Gasteiger partial charge is 0.251 e. The lowest BCUT2D eigenvalue weighted by molar-refractivity contribution is 0.0950. The maximum absolute atomic E-state index is 12.4. The number of hydrogen-bond donors (Lipinski definition) is 2. The van der Waals surface area contributed by atoms with Crippen LogP contribution in [0.4, 0.5) is 0 Å². The summed E-state index contributed by atoms with van der Waals surface area (Å²) in [6.07, 6.45) is 4.85. The van der Waals surface area contributed by atoms with Crippen LogP contribution in [0.5, 0.6) is 0 Å². The molecule has 1 heterocycles. The number of aryl methyl sites for hydroxylation is 1. The Morgan fingerprint density at radius 3 is 2.32 bits per heavy atom. The number of rotatable bonds is 8. The van der Waals surface area contributed by atoms with Crippen LogP contribution in [-0.2, 0) is 13.1 Å². The minimum absolute atomic E-state index is 0.103. The van der Waals surface area contributed by atoms with Crippen molar-refractivity contribution < 1.29 is 9.90 Å². The molecular formula is C23H27N3O2. The predicted molar refractivity (Wildman–Crippen MR) is 111 cm³/mol. The number of aliphatic hydroxyl groups is 1. The highest BCUT2D eigenvalue weighted by molar-refractivity contribution is 5.94. The normalized spacial score (nSPS) is 12.0. The van der Waals surface area contributed by atoms with Gasteiger partial charge in [-0.25, -0.2) is 4.98 Å². The van der Waals surface area contributed by atoms with Crippen molar-refractivity contribution in [3.05, 3.63) is 77.9 Å². The molecule has 0 unspecified atom stereocenters. The first kappa shape index (κ1) is 19.8. The van der Waals surface area contributed by atoms with Gasteiger partial charge in [0.1, 0.15) is 0 Å². The van der Waals surface area contributed by atoms with Gasteiger partial charge in [-0.2, -0.15) is 0 Å². The third kappa shape index (κ3) is 4.67. The molecule has 0 aliphatic carbocycles. The Labute approximate surface area is 166 Å². The highest BCUT2D eigenvalue weighted by Crippen LogP contribution is 2.24. The molecule has 0 spiro atoms. The maximum Gasteiger partial charge on any atom is 0.251 e. The minimum Gasteiger partial charge on any atom is -0.388 e. The van der Waals surface area contributed by atoms with Crippen molar-refractivity contribution in [3.8, 4) is 11.1 Å². The molecule has 0 saturated carbocycles. The molecule has 2 aromatic carbocycles. The van der Waals surface area contributed by atoms with Gasteiger partial charge in [0.05, 0.1) is 24.7 Å². The standard InChI is InChI=1S/C23H27N3O2/c1-3-5-22(27)19-10-6-17(7-11-19)18-8-12-20(13-9-18)23(28)25-15-21-14-24-16-26(21)4-2/h6-14,16,22,27H,3-5,15H2,1-2H3,(H,25,28)/t22-/m0/s1. The zero-order valence-corrected chi connectivity index (χ0v) is 16.4. The molecule has 0 aliphatic rings. The number of nitrogens with one attached hydrogen (secondary N) is 1. The summed E-state index contributed by atoms with van der Waals surface area (Å²) in [5.74, 6) is -0.103. The molecule has 3 aromatic rings. The average Bonchev–Trinajstić information content (AvgIpc) is 3.20. The fourth-order valence-electron chi connectivity index (χ4n) is 3.20. The van der Waals surface area contributed by atoms with E-state index in [0.717, 1.165) is 41.8 Å². The molecular weight excluding hydrogens is 350 g/mol. The van der Waals surface area contributed by atoms with E-state index in [9.17, 15) is 9.90 Å². The molecule has 2 N–H and O–H groups in total. The average molecular weight is 377 g/mol. The number of benzene rings is 2. The summed E-state index contributed by atoms with van der Waals surface area (Å²) in [6.45, 7) is 5.39. The van der Waals surface area contributed by atoms with Crippen LogP contribution in [0.15, 0.2) is 61.1 Å². The zero-order valence-electron chi connectivity index (χ0n) is 16.4. The number of carbonyl (C=O) groups excluding carboxylic acids is 1. The van der Waals surface area contributed by atoms with Crippen LogP contribution in [0.25, 0.3) is 11.1 Å². The summed E-state index contributed by atoms with van der Waals surface area (Å²) >= 11 is 0. The lowest BCUT2D eigenvalue weighted by Gasteiger charge is -2.11. The van der Waals surface area contributed by atoms with Crippen LogP contribution in [0.1, 0.15) is 54.4 Å². The third-order valence-electron chi connectivity index (χ3n) is 4.91. The number of aliphatic hydroxyl groups excluding tert-OH is 1. The van der Waals surface area contributed by atoms with Gasteiger partial charge in [-0.1, -0.05) is 49.7 Å². The Hall–Kier alpha value is -2.92. The van der Waals surface area contributed by atoms with Crippen molar-refractivity contribution in [2.24, 2.45) is 0 Å². The number of nitrogens with zero attached hydrogens (tertiary/aromatic N) is 2. The van der Waals surface area contributed by atoms with Crippen LogP contribution in [0.2, 0.25) is 0 Å². The van der Waals surface area contributed by atoms with Crippen molar-refractivity contribution in [2.75, 3.05) is 0 Å². The van der Waals surface area contributed by atoms with E-state index in [1.54, 1.807) is 12.5 Å². The third-order valence-corrected chi connectivity index (χ3v) is 4.91. The Balaban J connectivity index is 1.63. The van der Waals surface area contributed by atoms with Crippen LogP contribution < -0.4 is 5.32 Å². The van der Waals surface area contributed by atoms with Gasteiger partial charge in [0.15, 0.2) is 0 Å². The van der Waals surface area contributed by atoms with Gasteiger partial charge in [-0.05, 0) is 42.2 Å². The summed E-state index contributed by atoms with van der Waals surface area (Å²) in [6, 6.07) is 15.5. The van der Waals surface area contributed by atoms with Gasteiger partial charge in [0.25, 0.3) is 5.91 Å². The van der Waals surface area contributed by atoms with Crippen molar-refractivity contribution >= 4 is 5.91 Å². The molecule has 3 rings (SSSR count). The lowest BCUT2D eigenvalue weighted by atomic mass is 9.99. The second-order valence-corrected chi connectivity index (χ2v) is 6.86. The van der Waals surface area contributed by atoms with Gasteiger partial charge in [-0.15, -0.1) is 0 Å². The molecule has 1 atom stereocenters. The first-order valence-electron chi connectivity index (χ1n) is 9.78. The first-order chi connectivity index (χ1) is 13.6. The molecule has 5 nitrogen and oxygen atoms in total. The molecule has 1 aromatic heterocycles. The van der Waals surface area contributed by atoms with Crippen LogP contribution in [-0.4, -0.2) is 20.6 Å². The molecule has 5 heteroatoms. The van der Waals surface area contributed by atoms with E-state index in [2.05, 4.69) is 17.2 Å². The first-order valence-corrected chi connectivity index (χ1v) is 9.78. The largest absolute Gasteiger partial charge is 0.388 e. The van der Waals surface area contributed by atoms with Crippen LogP contribution in [0.3, 0.4) is 0 Å². The lowest BCUT2D eigenvalue weighted by Crippen LogP contribution is -2.24. The van der Waals surface area contributed by atoms with Gasteiger partial charge >= 0.3 is 0 Å². The van der Waals surface area contributed by atoms with Crippen LogP contribution >= 0.6 is 0 Å². The fourth-order valence-corrected chi connectivity index (χ4v) is 3.20.